The quantitative estimate of drug-likeness (QED) is 0.191. The molecule has 1 aromatic rings. The lowest BCUT2D eigenvalue weighted by Crippen LogP contribution is -2.12. The number of allylic oxidation sites excluding steroid dienone is 4. The smallest absolute Gasteiger partial charge is 0.220 e. The molecule has 0 spiro atoms. The molecule has 0 atom stereocenters. The second-order valence-corrected chi connectivity index (χ2v) is 6.04. The van der Waals surface area contributed by atoms with Crippen LogP contribution >= 0.6 is 23.5 Å². The van der Waals surface area contributed by atoms with Crippen LogP contribution in [-0.2, 0) is 11.3 Å². The highest BCUT2D eigenvalue weighted by Crippen LogP contribution is 2.23. The third-order valence-electron chi connectivity index (χ3n) is 2.67. The zero-order valence-electron chi connectivity index (χ0n) is 14.0. The summed E-state index contributed by atoms with van der Waals surface area (Å²) in [5, 5.41) is 0. The second-order valence-electron chi connectivity index (χ2n) is 4.21. The van der Waals surface area contributed by atoms with E-state index in [1.165, 1.54) is 10.4 Å². The SMILES string of the molecule is C=C/C=C(\C=C)C(=O)c1ccc(CN(C=O)SC(=C)Cl)cc1.CC. The lowest BCUT2D eigenvalue weighted by atomic mass is 10.0. The minimum atomic E-state index is -0.128. The molecule has 0 bridgehead atoms. The maximum absolute atomic E-state index is 12.2. The Kier molecular flexibility index (Phi) is 11.3. The number of hydrogen-bond acceptors (Lipinski definition) is 3. The first kappa shape index (κ1) is 22.0. The average Bonchev–Trinajstić information content (AvgIpc) is 2.60. The number of carbonyl (C=O) groups is 2. The molecule has 0 unspecified atom stereocenters. The molecule has 1 rings (SSSR count). The first-order valence-corrected chi connectivity index (χ1v) is 8.50. The van der Waals surface area contributed by atoms with E-state index in [-0.39, 0.29) is 5.78 Å². The normalized spacial score (nSPS) is 10.0. The van der Waals surface area contributed by atoms with Gasteiger partial charge in [-0.2, -0.15) is 0 Å². The van der Waals surface area contributed by atoms with Crippen LogP contribution in [0.1, 0.15) is 29.8 Å². The molecular weight excluding hydrogens is 342 g/mol. The van der Waals surface area contributed by atoms with E-state index >= 15 is 0 Å². The molecule has 0 aliphatic rings. The van der Waals surface area contributed by atoms with Crippen LogP contribution in [0.5, 0.6) is 0 Å². The summed E-state index contributed by atoms with van der Waals surface area (Å²) in [6, 6.07) is 6.99. The zero-order chi connectivity index (χ0) is 18.5. The summed E-state index contributed by atoms with van der Waals surface area (Å²) in [5.41, 5.74) is 1.90. The van der Waals surface area contributed by atoms with Crippen LogP contribution < -0.4 is 0 Å². The van der Waals surface area contributed by atoms with E-state index in [9.17, 15) is 9.59 Å². The van der Waals surface area contributed by atoms with E-state index in [0.29, 0.717) is 28.5 Å². The Bertz CT molecular complexity index is 621. The van der Waals surface area contributed by atoms with E-state index in [4.69, 9.17) is 11.6 Å². The van der Waals surface area contributed by atoms with Crippen molar-refractivity contribution in [3.63, 3.8) is 0 Å². The van der Waals surface area contributed by atoms with Gasteiger partial charge in [0, 0.05) is 23.1 Å². The van der Waals surface area contributed by atoms with Gasteiger partial charge in [0.1, 0.15) is 0 Å². The third-order valence-corrected chi connectivity index (χ3v) is 3.52. The summed E-state index contributed by atoms with van der Waals surface area (Å²) >= 11 is 6.72. The van der Waals surface area contributed by atoms with Gasteiger partial charge >= 0.3 is 0 Å². The number of ketones is 1. The molecule has 24 heavy (non-hydrogen) atoms. The molecule has 0 radical (unpaired) electrons. The Morgan fingerprint density at radius 2 is 1.83 bits per heavy atom. The maximum atomic E-state index is 12.2. The Hall–Kier alpha value is -2.04. The minimum Gasteiger partial charge on any atom is -0.289 e. The number of halogens is 1. The van der Waals surface area contributed by atoms with Crippen LogP contribution in [0.2, 0.25) is 0 Å². The fourth-order valence-electron chi connectivity index (χ4n) is 1.69. The second kappa shape index (κ2) is 12.4. The Balaban J connectivity index is 0.00000254. The van der Waals surface area contributed by atoms with Crippen LogP contribution in [0.15, 0.2) is 72.2 Å². The van der Waals surface area contributed by atoms with Gasteiger partial charge in [0.2, 0.25) is 6.41 Å². The molecule has 0 heterocycles. The van der Waals surface area contributed by atoms with Crippen LogP contribution in [0.25, 0.3) is 0 Å². The first-order chi connectivity index (χ1) is 11.5. The number of benzene rings is 1. The molecular formula is C19H22ClNO2S. The monoisotopic (exact) mass is 363 g/mol. The molecule has 0 aliphatic heterocycles. The Morgan fingerprint density at radius 1 is 1.25 bits per heavy atom. The zero-order valence-corrected chi connectivity index (χ0v) is 15.6. The summed E-state index contributed by atoms with van der Waals surface area (Å²) in [6.45, 7) is 15.1. The number of Topliss-reactive ketones (excluding diaryl/α,β-unsaturated/α-hetero) is 1. The van der Waals surface area contributed by atoms with E-state index in [1.54, 1.807) is 36.4 Å². The number of amides is 1. The van der Waals surface area contributed by atoms with Gasteiger partial charge < -0.3 is 0 Å². The van der Waals surface area contributed by atoms with Gasteiger partial charge in [-0.3, -0.25) is 13.9 Å². The van der Waals surface area contributed by atoms with Crippen molar-refractivity contribution in [1.82, 2.24) is 4.31 Å². The largest absolute Gasteiger partial charge is 0.289 e. The number of hydrogen-bond donors (Lipinski definition) is 0. The fraction of sp³-hybridized carbons (Fsp3) is 0.158. The molecule has 0 saturated heterocycles. The van der Waals surface area contributed by atoms with Gasteiger partial charge in [-0.15, -0.1) is 0 Å². The highest BCUT2D eigenvalue weighted by atomic mass is 35.5. The topological polar surface area (TPSA) is 37.4 Å². The highest BCUT2D eigenvalue weighted by molar-refractivity contribution is 8.02. The third kappa shape index (κ3) is 7.49. The van der Waals surface area contributed by atoms with Gasteiger partial charge in [0.05, 0.1) is 10.9 Å². The van der Waals surface area contributed by atoms with Gasteiger partial charge in [0.15, 0.2) is 5.78 Å². The van der Waals surface area contributed by atoms with E-state index in [1.807, 2.05) is 13.8 Å². The van der Waals surface area contributed by atoms with Gasteiger partial charge in [0.25, 0.3) is 0 Å². The lowest BCUT2D eigenvalue weighted by molar-refractivity contribution is -0.114. The summed E-state index contributed by atoms with van der Waals surface area (Å²) in [7, 11) is 0. The van der Waals surface area contributed by atoms with Crippen LogP contribution in [-0.4, -0.2) is 16.5 Å². The van der Waals surface area contributed by atoms with Crippen LogP contribution in [0.4, 0.5) is 0 Å². The van der Waals surface area contributed by atoms with Crippen LogP contribution in [0.3, 0.4) is 0 Å². The summed E-state index contributed by atoms with van der Waals surface area (Å²) in [5.74, 6) is -0.128. The van der Waals surface area contributed by atoms with E-state index in [2.05, 4.69) is 19.7 Å². The molecule has 1 aromatic carbocycles. The molecule has 128 valence electrons. The number of nitrogens with zero attached hydrogens (tertiary/aromatic N) is 1. The summed E-state index contributed by atoms with van der Waals surface area (Å²) < 4.78 is 1.72. The molecule has 0 aromatic heterocycles. The predicted molar refractivity (Wildman–Crippen MR) is 105 cm³/mol. The van der Waals surface area contributed by atoms with Crippen molar-refractivity contribution in [3.8, 4) is 0 Å². The van der Waals surface area contributed by atoms with Crippen molar-refractivity contribution < 1.29 is 9.59 Å². The van der Waals surface area contributed by atoms with Crippen molar-refractivity contribution >= 4 is 35.7 Å². The lowest BCUT2D eigenvalue weighted by Gasteiger charge is -2.15. The van der Waals surface area contributed by atoms with Crippen LogP contribution in [0, 0.1) is 0 Å². The molecule has 0 fully saturated rings. The number of rotatable bonds is 9. The van der Waals surface area contributed by atoms with Gasteiger partial charge in [-0.05, 0) is 5.56 Å². The Morgan fingerprint density at radius 3 is 2.25 bits per heavy atom. The van der Waals surface area contributed by atoms with E-state index in [0.717, 1.165) is 17.5 Å². The first-order valence-electron chi connectivity index (χ1n) is 7.35. The van der Waals surface area contributed by atoms with E-state index < -0.39 is 0 Å². The number of carbonyl (C=O) groups excluding carboxylic acids is 2. The van der Waals surface area contributed by atoms with Crippen molar-refractivity contribution in [3.05, 3.63) is 83.3 Å². The molecule has 3 nitrogen and oxygen atoms in total. The molecule has 0 N–H and O–H groups in total. The maximum Gasteiger partial charge on any atom is 0.220 e. The van der Waals surface area contributed by atoms with Crippen molar-refractivity contribution in [2.45, 2.75) is 20.4 Å². The summed E-state index contributed by atoms with van der Waals surface area (Å²) in [6.07, 6.45) is 5.33. The fourth-order valence-corrected chi connectivity index (χ4v) is 2.47. The molecule has 0 aliphatic carbocycles. The Labute approximate surface area is 153 Å². The van der Waals surface area contributed by atoms with Gasteiger partial charge in [-0.25, -0.2) is 0 Å². The van der Waals surface area contributed by atoms with Crippen molar-refractivity contribution in [2.24, 2.45) is 0 Å². The molecule has 1 amide bonds. The highest BCUT2D eigenvalue weighted by Gasteiger charge is 2.10. The molecule has 0 saturated carbocycles. The van der Waals surface area contributed by atoms with Crippen molar-refractivity contribution in [2.75, 3.05) is 0 Å². The average molecular weight is 364 g/mol. The minimum absolute atomic E-state index is 0.128. The van der Waals surface area contributed by atoms with Gasteiger partial charge in [-0.1, -0.05) is 87.7 Å². The summed E-state index contributed by atoms with van der Waals surface area (Å²) in [4.78, 5) is 23.2. The predicted octanol–water partition coefficient (Wildman–Crippen LogP) is 5.51. The van der Waals surface area contributed by atoms with Crippen molar-refractivity contribution in [1.29, 1.82) is 0 Å². The molecule has 5 heteroatoms. The standard InChI is InChI=1S/C17H16ClNO2S.C2H6/c1-4-6-15(5-2)17(21)16-9-7-14(8-10-16)11-19(12-20)22-13(3)18;1-2/h4-10,12H,1-3,11H2;1-2H3/b15-6+;.